The average Bonchev–Trinajstić information content (AvgIpc) is 2.21. The van der Waals surface area contributed by atoms with Gasteiger partial charge in [0.15, 0.2) is 0 Å². The predicted molar refractivity (Wildman–Crippen MR) is 71.5 cm³/mol. The molecule has 0 bridgehead atoms. The second-order valence-corrected chi connectivity index (χ2v) is 5.88. The Hall–Kier alpha value is -0.380. The van der Waals surface area contributed by atoms with Crippen molar-refractivity contribution in [1.82, 2.24) is 5.32 Å². The van der Waals surface area contributed by atoms with E-state index in [1.807, 2.05) is 13.8 Å². The molecule has 0 atom stereocenters. The minimum atomic E-state index is -0.0584. The Balaban J connectivity index is 2.49. The molecule has 0 saturated heterocycles. The van der Waals surface area contributed by atoms with Crippen molar-refractivity contribution < 1.29 is 5.11 Å². The molecule has 0 aromatic heterocycles. The largest absolute Gasteiger partial charge is 0.396 e. The van der Waals surface area contributed by atoms with Crippen LogP contribution in [0.15, 0.2) is 22.7 Å². The van der Waals surface area contributed by atoms with Crippen LogP contribution < -0.4 is 5.32 Å². The molecule has 16 heavy (non-hydrogen) atoms. The van der Waals surface area contributed by atoms with Gasteiger partial charge in [-0.25, -0.2) is 0 Å². The molecule has 1 aromatic carbocycles. The van der Waals surface area contributed by atoms with Gasteiger partial charge in [0.1, 0.15) is 0 Å². The highest BCUT2D eigenvalue weighted by molar-refractivity contribution is 9.10. The third-order valence-electron chi connectivity index (χ3n) is 2.56. The summed E-state index contributed by atoms with van der Waals surface area (Å²) in [5.41, 5.74) is 2.45. The van der Waals surface area contributed by atoms with E-state index in [1.165, 1.54) is 11.1 Å². The number of aliphatic hydroxyl groups is 1. The Morgan fingerprint density at radius 2 is 2.06 bits per heavy atom. The lowest BCUT2D eigenvalue weighted by Gasteiger charge is -2.22. The van der Waals surface area contributed by atoms with Crippen molar-refractivity contribution in [2.24, 2.45) is 5.41 Å². The molecule has 0 fully saturated rings. The first-order valence-electron chi connectivity index (χ1n) is 5.51. The normalized spacial score (nSPS) is 11.8. The van der Waals surface area contributed by atoms with Crippen molar-refractivity contribution in [2.75, 3.05) is 13.2 Å². The number of halogens is 1. The standard InChI is InChI=1S/C13H20BrNO/c1-10-4-5-11(12(14)6-10)7-15-8-13(2,3)9-16/h4-6,15-16H,7-9H2,1-3H3. The van der Waals surface area contributed by atoms with Crippen molar-refractivity contribution in [3.63, 3.8) is 0 Å². The van der Waals surface area contributed by atoms with Gasteiger partial charge >= 0.3 is 0 Å². The van der Waals surface area contributed by atoms with E-state index < -0.39 is 0 Å². The highest BCUT2D eigenvalue weighted by Crippen LogP contribution is 2.18. The van der Waals surface area contributed by atoms with Crippen molar-refractivity contribution in [2.45, 2.75) is 27.3 Å². The first-order chi connectivity index (χ1) is 7.44. The van der Waals surface area contributed by atoms with Gasteiger partial charge in [-0.15, -0.1) is 0 Å². The maximum Gasteiger partial charge on any atom is 0.0494 e. The van der Waals surface area contributed by atoms with Crippen LogP contribution in [0, 0.1) is 12.3 Å². The fraction of sp³-hybridized carbons (Fsp3) is 0.538. The predicted octanol–water partition coefficient (Wildman–Crippen LogP) is 2.87. The van der Waals surface area contributed by atoms with E-state index in [-0.39, 0.29) is 12.0 Å². The van der Waals surface area contributed by atoms with Crippen LogP contribution in [0.2, 0.25) is 0 Å². The average molecular weight is 286 g/mol. The molecular weight excluding hydrogens is 266 g/mol. The molecule has 1 rings (SSSR count). The van der Waals surface area contributed by atoms with Crippen LogP contribution in [0.4, 0.5) is 0 Å². The molecule has 3 heteroatoms. The molecule has 0 unspecified atom stereocenters. The Morgan fingerprint density at radius 3 is 2.62 bits per heavy atom. The monoisotopic (exact) mass is 285 g/mol. The van der Waals surface area contributed by atoms with Crippen molar-refractivity contribution in [1.29, 1.82) is 0 Å². The molecule has 2 nitrogen and oxygen atoms in total. The summed E-state index contributed by atoms with van der Waals surface area (Å²) in [7, 11) is 0. The van der Waals surface area contributed by atoms with Gasteiger partial charge in [-0.3, -0.25) is 0 Å². The summed E-state index contributed by atoms with van der Waals surface area (Å²) < 4.78 is 1.14. The molecule has 0 spiro atoms. The zero-order valence-electron chi connectivity index (χ0n) is 10.2. The van der Waals surface area contributed by atoms with E-state index in [0.717, 1.165) is 17.6 Å². The molecule has 0 amide bonds. The summed E-state index contributed by atoms with van der Waals surface area (Å²) in [6.45, 7) is 8.01. The number of hydrogen-bond acceptors (Lipinski definition) is 2. The van der Waals surface area contributed by atoms with Crippen molar-refractivity contribution >= 4 is 15.9 Å². The smallest absolute Gasteiger partial charge is 0.0494 e. The van der Waals surface area contributed by atoms with Crippen LogP contribution in [0.25, 0.3) is 0 Å². The van der Waals surface area contributed by atoms with Gasteiger partial charge in [-0.1, -0.05) is 41.9 Å². The molecular formula is C13H20BrNO. The number of rotatable bonds is 5. The van der Waals surface area contributed by atoms with E-state index >= 15 is 0 Å². The SMILES string of the molecule is Cc1ccc(CNCC(C)(C)CO)c(Br)c1. The minimum absolute atomic E-state index is 0.0584. The lowest BCUT2D eigenvalue weighted by molar-refractivity contribution is 0.156. The van der Waals surface area contributed by atoms with Crippen LogP contribution in [-0.4, -0.2) is 18.3 Å². The maximum atomic E-state index is 9.13. The maximum absolute atomic E-state index is 9.13. The molecule has 0 radical (unpaired) electrons. The Morgan fingerprint density at radius 1 is 1.38 bits per heavy atom. The van der Waals surface area contributed by atoms with Gasteiger partial charge in [0.2, 0.25) is 0 Å². The number of aryl methyl sites for hydroxylation is 1. The van der Waals surface area contributed by atoms with Crippen molar-refractivity contribution in [3.05, 3.63) is 33.8 Å². The summed E-state index contributed by atoms with van der Waals surface area (Å²) >= 11 is 3.56. The van der Waals surface area contributed by atoms with Gasteiger partial charge in [-0.2, -0.15) is 0 Å². The summed E-state index contributed by atoms with van der Waals surface area (Å²) in [5.74, 6) is 0. The molecule has 90 valence electrons. The third kappa shape index (κ3) is 4.24. The van der Waals surface area contributed by atoms with Crippen LogP contribution in [0.1, 0.15) is 25.0 Å². The third-order valence-corrected chi connectivity index (χ3v) is 3.29. The molecule has 0 aliphatic rings. The Bertz CT molecular complexity index is 350. The summed E-state index contributed by atoms with van der Waals surface area (Å²) in [5, 5.41) is 12.5. The highest BCUT2D eigenvalue weighted by atomic mass is 79.9. The van der Waals surface area contributed by atoms with Crippen LogP contribution in [0.5, 0.6) is 0 Å². The van der Waals surface area contributed by atoms with Gasteiger partial charge in [0, 0.05) is 29.6 Å². The molecule has 1 aromatic rings. The first kappa shape index (κ1) is 13.7. The zero-order chi connectivity index (χ0) is 12.2. The Kier molecular flexibility index (Phi) is 4.96. The quantitative estimate of drug-likeness (QED) is 0.872. The lowest BCUT2D eigenvalue weighted by Crippen LogP contribution is -2.31. The molecule has 0 saturated carbocycles. The van der Waals surface area contributed by atoms with E-state index in [2.05, 4.69) is 46.4 Å². The first-order valence-corrected chi connectivity index (χ1v) is 6.30. The van der Waals surface area contributed by atoms with Crippen LogP contribution >= 0.6 is 15.9 Å². The van der Waals surface area contributed by atoms with E-state index in [1.54, 1.807) is 0 Å². The highest BCUT2D eigenvalue weighted by Gasteiger charge is 2.15. The van der Waals surface area contributed by atoms with Crippen LogP contribution in [0.3, 0.4) is 0 Å². The van der Waals surface area contributed by atoms with Gasteiger partial charge < -0.3 is 10.4 Å². The summed E-state index contributed by atoms with van der Waals surface area (Å²) in [4.78, 5) is 0. The molecule has 2 N–H and O–H groups in total. The van der Waals surface area contributed by atoms with Gasteiger partial charge in [0.05, 0.1) is 0 Å². The number of benzene rings is 1. The number of nitrogens with one attached hydrogen (secondary N) is 1. The Labute approximate surface area is 106 Å². The second-order valence-electron chi connectivity index (χ2n) is 5.02. The van der Waals surface area contributed by atoms with Gasteiger partial charge in [-0.05, 0) is 24.1 Å². The number of hydrogen-bond donors (Lipinski definition) is 2. The molecule has 0 aliphatic carbocycles. The fourth-order valence-corrected chi connectivity index (χ4v) is 2.02. The minimum Gasteiger partial charge on any atom is -0.396 e. The molecule has 0 heterocycles. The zero-order valence-corrected chi connectivity index (χ0v) is 11.8. The van der Waals surface area contributed by atoms with E-state index in [0.29, 0.717) is 0 Å². The molecule has 0 aliphatic heterocycles. The number of aliphatic hydroxyl groups excluding tert-OH is 1. The summed E-state index contributed by atoms with van der Waals surface area (Å²) in [6.07, 6.45) is 0. The fourth-order valence-electron chi connectivity index (χ4n) is 1.39. The van der Waals surface area contributed by atoms with Gasteiger partial charge in [0.25, 0.3) is 0 Å². The topological polar surface area (TPSA) is 32.3 Å². The van der Waals surface area contributed by atoms with Crippen molar-refractivity contribution in [3.8, 4) is 0 Å². The summed E-state index contributed by atoms with van der Waals surface area (Å²) in [6, 6.07) is 6.35. The van der Waals surface area contributed by atoms with E-state index in [9.17, 15) is 0 Å². The lowest BCUT2D eigenvalue weighted by atomic mass is 9.95. The van der Waals surface area contributed by atoms with E-state index in [4.69, 9.17) is 5.11 Å². The second kappa shape index (κ2) is 5.80. The van der Waals surface area contributed by atoms with Crippen LogP contribution in [-0.2, 0) is 6.54 Å².